The zero-order valence-electron chi connectivity index (χ0n) is 15.9. The van der Waals surface area contributed by atoms with Crippen molar-refractivity contribution in [1.29, 1.82) is 0 Å². The van der Waals surface area contributed by atoms with E-state index in [4.69, 9.17) is 4.98 Å². The van der Waals surface area contributed by atoms with Gasteiger partial charge in [0.25, 0.3) is 5.91 Å². The Hall–Kier alpha value is -2.43. The summed E-state index contributed by atoms with van der Waals surface area (Å²) < 4.78 is 0. The van der Waals surface area contributed by atoms with Crippen molar-refractivity contribution in [3.63, 3.8) is 0 Å². The Bertz CT molecular complexity index is 747. The molecule has 2 unspecified atom stereocenters. The van der Waals surface area contributed by atoms with Crippen LogP contribution in [0.25, 0.3) is 11.4 Å². The van der Waals surface area contributed by atoms with Gasteiger partial charge in [0.05, 0.1) is 0 Å². The zero-order chi connectivity index (χ0) is 18.5. The first-order chi connectivity index (χ1) is 12.6. The second-order valence-electron chi connectivity index (χ2n) is 7.12. The molecule has 2 atom stereocenters. The van der Waals surface area contributed by atoms with Crippen molar-refractivity contribution in [1.82, 2.24) is 15.3 Å². The smallest absolute Gasteiger partial charge is 0.256 e. The van der Waals surface area contributed by atoms with Crippen molar-refractivity contribution in [3.05, 3.63) is 42.1 Å². The van der Waals surface area contributed by atoms with Crippen LogP contribution in [0.2, 0.25) is 0 Å². The maximum atomic E-state index is 12.8. The Morgan fingerprint density at radius 2 is 2.08 bits per heavy atom. The van der Waals surface area contributed by atoms with Gasteiger partial charge in [0.1, 0.15) is 11.4 Å². The number of aromatic nitrogens is 2. The van der Waals surface area contributed by atoms with Crippen molar-refractivity contribution < 1.29 is 4.79 Å². The van der Waals surface area contributed by atoms with Crippen molar-refractivity contribution in [2.45, 2.75) is 58.5 Å². The largest absolute Gasteiger partial charge is 0.353 e. The summed E-state index contributed by atoms with van der Waals surface area (Å²) in [7, 11) is 0. The number of rotatable bonds is 5. The molecule has 1 amide bonds. The standard InChI is InChI=1S/C21H28N4O/c1-4-15(2)23-21(26)18-14-22-19(17-11-6-5-7-12-17)24-20(18)25-13-9-8-10-16(25)3/h5-7,11-12,14-16H,4,8-10,13H2,1-3H3,(H,23,26). The van der Waals surface area contributed by atoms with Crippen molar-refractivity contribution in [2.24, 2.45) is 0 Å². The van der Waals surface area contributed by atoms with E-state index in [0.717, 1.165) is 37.2 Å². The Labute approximate surface area is 155 Å². The summed E-state index contributed by atoms with van der Waals surface area (Å²) in [4.78, 5) is 24.4. The van der Waals surface area contributed by atoms with E-state index in [0.29, 0.717) is 17.4 Å². The van der Waals surface area contributed by atoms with E-state index < -0.39 is 0 Å². The van der Waals surface area contributed by atoms with E-state index in [1.54, 1.807) is 6.20 Å². The van der Waals surface area contributed by atoms with Gasteiger partial charge in [-0.3, -0.25) is 4.79 Å². The fourth-order valence-corrected chi connectivity index (χ4v) is 3.29. The lowest BCUT2D eigenvalue weighted by Gasteiger charge is -2.35. The number of carbonyl (C=O) groups is 1. The molecule has 1 fully saturated rings. The van der Waals surface area contributed by atoms with Gasteiger partial charge in [0.15, 0.2) is 5.82 Å². The predicted octanol–water partition coefficient (Wildman–Crippen LogP) is 4.05. The molecular weight excluding hydrogens is 324 g/mol. The average molecular weight is 352 g/mol. The first-order valence-corrected chi connectivity index (χ1v) is 9.60. The number of piperidine rings is 1. The van der Waals surface area contributed by atoms with Gasteiger partial charge in [-0.2, -0.15) is 0 Å². The number of hydrogen-bond acceptors (Lipinski definition) is 4. The molecule has 1 aromatic carbocycles. The van der Waals surface area contributed by atoms with Crippen LogP contribution in [0.5, 0.6) is 0 Å². The molecule has 0 radical (unpaired) electrons. The van der Waals surface area contributed by atoms with Crippen LogP contribution in [0.3, 0.4) is 0 Å². The molecule has 2 heterocycles. The van der Waals surface area contributed by atoms with E-state index in [9.17, 15) is 4.79 Å². The van der Waals surface area contributed by atoms with Crippen molar-refractivity contribution in [3.8, 4) is 11.4 Å². The fourth-order valence-electron chi connectivity index (χ4n) is 3.29. The maximum Gasteiger partial charge on any atom is 0.256 e. The number of anilines is 1. The Morgan fingerprint density at radius 3 is 2.77 bits per heavy atom. The van der Waals surface area contributed by atoms with Crippen LogP contribution in [0, 0.1) is 0 Å². The van der Waals surface area contributed by atoms with E-state index in [-0.39, 0.29) is 11.9 Å². The number of nitrogens with zero attached hydrogens (tertiary/aromatic N) is 3. The molecule has 1 aliphatic heterocycles. The monoisotopic (exact) mass is 352 g/mol. The minimum Gasteiger partial charge on any atom is -0.353 e. The average Bonchev–Trinajstić information content (AvgIpc) is 2.68. The number of nitrogens with one attached hydrogen (secondary N) is 1. The lowest BCUT2D eigenvalue weighted by atomic mass is 10.0. The van der Waals surface area contributed by atoms with Gasteiger partial charge in [-0.1, -0.05) is 37.3 Å². The summed E-state index contributed by atoms with van der Waals surface area (Å²) in [6.45, 7) is 7.21. The first-order valence-electron chi connectivity index (χ1n) is 9.60. The molecule has 3 rings (SSSR count). The molecule has 1 aromatic heterocycles. The molecule has 2 aromatic rings. The van der Waals surface area contributed by atoms with Crippen LogP contribution in [-0.2, 0) is 0 Å². The van der Waals surface area contributed by atoms with Crippen LogP contribution >= 0.6 is 0 Å². The molecule has 0 saturated carbocycles. The van der Waals surface area contributed by atoms with Gasteiger partial charge in [0, 0.05) is 30.4 Å². The van der Waals surface area contributed by atoms with Gasteiger partial charge in [-0.15, -0.1) is 0 Å². The molecule has 0 bridgehead atoms. The highest BCUT2D eigenvalue weighted by Crippen LogP contribution is 2.28. The molecule has 138 valence electrons. The third kappa shape index (κ3) is 4.03. The molecular formula is C21H28N4O. The van der Waals surface area contributed by atoms with Crippen molar-refractivity contribution >= 4 is 11.7 Å². The number of benzene rings is 1. The number of amides is 1. The molecule has 1 aliphatic rings. The molecule has 1 N–H and O–H groups in total. The molecule has 0 aliphatic carbocycles. The predicted molar refractivity (Wildman–Crippen MR) is 105 cm³/mol. The van der Waals surface area contributed by atoms with Crippen LogP contribution in [0.15, 0.2) is 36.5 Å². The first kappa shape index (κ1) is 18.4. The summed E-state index contributed by atoms with van der Waals surface area (Å²) in [5.74, 6) is 1.33. The fraction of sp³-hybridized carbons (Fsp3) is 0.476. The molecule has 1 saturated heterocycles. The van der Waals surface area contributed by atoms with E-state index >= 15 is 0 Å². The van der Waals surface area contributed by atoms with Crippen LogP contribution in [0.1, 0.15) is 56.8 Å². The highest BCUT2D eigenvalue weighted by atomic mass is 16.1. The van der Waals surface area contributed by atoms with E-state index in [1.807, 2.05) is 37.3 Å². The lowest BCUT2D eigenvalue weighted by molar-refractivity contribution is 0.0939. The minimum atomic E-state index is -0.0910. The highest BCUT2D eigenvalue weighted by Gasteiger charge is 2.26. The summed E-state index contributed by atoms with van der Waals surface area (Å²) in [6.07, 6.45) is 6.05. The van der Waals surface area contributed by atoms with Gasteiger partial charge in [0.2, 0.25) is 0 Å². The maximum absolute atomic E-state index is 12.8. The second kappa shape index (κ2) is 8.30. The van der Waals surface area contributed by atoms with Crippen LogP contribution in [-0.4, -0.2) is 34.5 Å². The molecule has 26 heavy (non-hydrogen) atoms. The van der Waals surface area contributed by atoms with Gasteiger partial charge in [-0.25, -0.2) is 9.97 Å². The van der Waals surface area contributed by atoms with Gasteiger partial charge in [-0.05, 0) is 39.5 Å². The summed E-state index contributed by atoms with van der Waals surface area (Å²) in [5, 5.41) is 3.05. The quantitative estimate of drug-likeness (QED) is 0.882. The topological polar surface area (TPSA) is 58.1 Å². The summed E-state index contributed by atoms with van der Waals surface area (Å²) in [5.41, 5.74) is 1.53. The van der Waals surface area contributed by atoms with Crippen LogP contribution < -0.4 is 10.2 Å². The second-order valence-corrected chi connectivity index (χ2v) is 7.12. The normalized spacial score (nSPS) is 18.4. The third-order valence-electron chi connectivity index (χ3n) is 5.11. The summed E-state index contributed by atoms with van der Waals surface area (Å²) in [6, 6.07) is 10.4. The zero-order valence-corrected chi connectivity index (χ0v) is 15.9. The molecule has 0 spiro atoms. The van der Waals surface area contributed by atoms with Gasteiger partial charge < -0.3 is 10.2 Å². The number of carbonyl (C=O) groups excluding carboxylic acids is 1. The van der Waals surface area contributed by atoms with E-state index in [2.05, 4.69) is 29.0 Å². The van der Waals surface area contributed by atoms with Gasteiger partial charge >= 0.3 is 0 Å². The lowest BCUT2D eigenvalue weighted by Crippen LogP contribution is -2.40. The highest BCUT2D eigenvalue weighted by molar-refractivity contribution is 5.99. The third-order valence-corrected chi connectivity index (χ3v) is 5.11. The molecule has 5 heteroatoms. The Balaban J connectivity index is 2.01. The van der Waals surface area contributed by atoms with E-state index in [1.165, 1.54) is 6.42 Å². The Kier molecular flexibility index (Phi) is 5.86. The Morgan fingerprint density at radius 1 is 1.31 bits per heavy atom. The van der Waals surface area contributed by atoms with Crippen molar-refractivity contribution in [2.75, 3.05) is 11.4 Å². The van der Waals surface area contributed by atoms with Crippen LogP contribution in [0.4, 0.5) is 5.82 Å². The minimum absolute atomic E-state index is 0.0910. The SMILES string of the molecule is CCC(C)NC(=O)c1cnc(-c2ccccc2)nc1N1CCCCC1C. The summed E-state index contributed by atoms with van der Waals surface area (Å²) >= 11 is 0. The molecule has 5 nitrogen and oxygen atoms in total. The number of hydrogen-bond donors (Lipinski definition) is 1.